The second-order valence-electron chi connectivity index (χ2n) is 3.14. The molecule has 0 aliphatic heterocycles. The Morgan fingerprint density at radius 1 is 1.64 bits per heavy atom. The fourth-order valence-electron chi connectivity index (χ4n) is 0.776. The number of hydrogen-bond donors (Lipinski definition) is 1. The SMILES string of the molecule is CC(C)C(=O)Nc1cnc(Cl)c(Br)c1. The minimum Gasteiger partial charge on any atom is -0.324 e. The van der Waals surface area contributed by atoms with E-state index in [4.69, 9.17) is 11.6 Å². The molecule has 0 fully saturated rings. The van der Waals surface area contributed by atoms with Gasteiger partial charge in [-0.25, -0.2) is 4.98 Å². The van der Waals surface area contributed by atoms with Crippen LogP contribution in [-0.4, -0.2) is 10.9 Å². The highest BCUT2D eigenvalue weighted by Gasteiger charge is 2.08. The molecule has 1 amide bonds. The van der Waals surface area contributed by atoms with Crippen molar-refractivity contribution >= 4 is 39.1 Å². The predicted octanol–water partition coefficient (Wildman–Crippen LogP) is 3.09. The third-order valence-electron chi connectivity index (χ3n) is 1.59. The third-order valence-corrected chi connectivity index (χ3v) is 2.72. The van der Waals surface area contributed by atoms with Gasteiger partial charge in [-0.15, -0.1) is 0 Å². The van der Waals surface area contributed by atoms with Crippen molar-refractivity contribution in [2.24, 2.45) is 5.92 Å². The lowest BCUT2D eigenvalue weighted by Gasteiger charge is -2.07. The van der Waals surface area contributed by atoms with Crippen LogP contribution in [0.2, 0.25) is 5.15 Å². The molecular weight excluding hydrogens is 267 g/mol. The molecule has 0 aliphatic carbocycles. The lowest BCUT2D eigenvalue weighted by Crippen LogP contribution is -2.17. The molecule has 1 aromatic heterocycles. The molecule has 1 rings (SSSR count). The largest absolute Gasteiger partial charge is 0.324 e. The summed E-state index contributed by atoms with van der Waals surface area (Å²) in [6.45, 7) is 3.65. The lowest BCUT2D eigenvalue weighted by molar-refractivity contribution is -0.118. The number of aromatic nitrogens is 1. The molecule has 0 aromatic carbocycles. The molecule has 0 bridgehead atoms. The summed E-state index contributed by atoms with van der Waals surface area (Å²) < 4.78 is 0.667. The van der Waals surface area contributed by atoms with Gasteiger partial charge in [-0.2, -0.15) is 0 Å². The van der Waals surface area contributed by atoms with E-state index in [0.717, 1.165) is 0 Å². The molecule has 5 heteroatoms. The second-order valence-corrected chi connectivity index (χ2v) is 4.35. The number of nitrogens with one attached hydrogen (secondary N) is 1. The smallest absolute Gasteiger partial charge is 0.226 e. The molecule has 0 unspecified atom stereocenters. The van der Waals surface area contributed by atoms with Gasteiger partial charge in [0.25, 0.3) is 0 Å². The highest BCUT2D eigenvalue weighted by Crippen LogP contribution is 2.22. The summed E-state index contributed by atoms with van der Waals surface area (Å²) >= 11 is 8.94. The molecule has 0 saturated heterocycles. The van der Waals surface area contributed by atoms with Crippen LogP contribution < -0.4 is 5.32 Å². The summed E-state index contributed by atoms with van der Waals surface area (Å²) in [5.74, 6) is -0.0922. The van der Waals surface area contributed by atoms with E-state index in [1.54, 1.807) is 6.07 Å². The van der Waals surface area contributed by atoms with Gasteiger partial charge in [-0.3, -0.25) is 4.79 Å². The highest BCUT2D eigenvalue weighted by molar-refractivity contribution is 9.10. The van der Waals surface area contributed by atoms with Crippen LogP contribution in [-0.2, 0) is 4.79 Å². The molecule has 0 radical (unpaired) electrons. The first kappa shape index (κ1) is 11.5. The van der Waals surface area contributed by atoms with Crippen molar-refractivity contribution in [1.29, 1.82) is 0 Å². The normalized spacial score (nSPS) is 10.4. The van der Waals surface area contributed by atoms with Crippen LogP contribution in [0.3, 0.4) is 0 Å². The number of halogens is 2. The average molecular weight is 278 g/mol. The quantitative estimate of drug-likeness (QED) is 0.844. The number of amides is 1. The van der Waals surface area contributed by atoms with E-state index in [9.17, 15) is 4.79 Å². The zero-order valence-corrected chi connectivity index (χ0v) is 10.2. The van der Waals surface area contributed by atoms with Crippen LogP contribution in [0.5, 0.6) is 0 Å². The Morgan fingerprint density at radius 3 is 2.79 bits per heavy atom. The van der Waals surface area contributed by atoms with Crippen molar-refractivity contribution in [1.82, 2.24) is 4.98 Å². The molecule has 3 nitrogen and oxygen atoms in total. The van der Waals surface area contributed by atoms with E-state index in [1.807, 2.05) is 13.8 Å². The third kappa shape index (κ3) is 2.96. The zero-order chi connectivity index (χ0) is 10.7. The van der Waals surface area contributed by atoms with Crippen molar-refractivity contribution in [2.45, 2.75) is 13.8 Å². The molecule has 1 aromatic rings. The summed E-state index contributed by atoms with van der Waals surface area (Å²) in [4.78, 5) is 15.2. The number of carbonyl (C=O) groups excluding carboxylic acids is 1. The molecule has 14 heavy (non-hydrogen) atoms. The molecule has 1 heterocycles. The fraction of sp³-hybridized carbons (Fsp3) is 0.333. The number of anilines is 1. The van der Waals surface area contributed by atoms with Gasteiger partial charge in [0.15, 0.2) is 0 Å². The summed E-state index contributed by atoms with van der Waals surface area (Å²) in [6.07, 6.45) is 1.52. The van der Waals surface area contributed by atoms with Crippen LogP contribution >= 0.6 is 27.5 Å². The van der Waals surface area contributed by atoms with Crippen molar-refractivity contribution in [3.63, 3.8) is 0 Å². The maximum absolute atomic E-state index is 11.3. The molecule has 0 saturated carbocycles. The minimum atomic E-state index is -0.0514. The fourth-order valence-corrected chi connectivity index (χ4v) is 1.23. The molecule has 0 atom stereocenters. The molecule has 0 spiro atoms. The summed E-state index contributed by atoms with van der Waals surface area (Å²) in [5.41, 5.74) is 0.639. The molecule has 1 N–H and O–H groups in total. The maximum atomic E-state index is 11.3. The van der Waals surface area contributed by atoms with E-state index in [1.165, 1.54) is 6.20 Å². The van der Waals surface area contributed by atoms with Crippen LogP contribution in [0, 0.1) is 5.92 Å². The standard InChI is InChI=1S/C9H10BrClN2O/c1-5(2)9(14)13-6-3-7(10)8(11)12-4-6/h3-5H,1-2H3,(H,13,14). The first-order chi connectivity index (χ1) is 6.50. The van der Waals surface area contributed by atoms with Gasteiger partial charge in [0.2, 0.25) is 5.91 Å². The monoisotopic (exact) mass is 276 g/mol. The van der Waals surface area contributed by atoms with E-state index < -0.39 is 0 Å². The number of hydrogen-bond acceptors (Lipinski definition) is 2. The second kappa shape index (κ2) is 4.75. The number of rotatable bonds is 2. The van der Waals surface area contributed by atoms with Crippen molar-refractivity contribution in [3.8, 4) is 0 Å². The van der Waals surface area contributed by atoms with Gasteiger partial charge in [0.1, 0.15) is 5.15 Å². The van der Waals surface area contributed by atoms with Crippen LogP contribution in [0.1, 0.15) is 13.8 Å². The molecular formula is C9H10BrClN2O. The van der Waals surface area contributed by atoms with Crippen LogP contribution in [0.4, 0.5) is 5.69 Å². The summed E-state index contributed by atoms with van der Waals surface area (Å²) in [5, 5.41) is 3.10. The Labute approximate surface area is 96.0 Å². The summed E-state index contributed by atoms with van der Waals surface area (Å²) in [7, 11) is 0. The minimum absolute atomic E-state index is 0.0407. The zero-order valence-electron chi connectivity index (χ0n) is 7.84. The van der Waals surface area contributed by atoms with Gasteiger partial charge in [-0.1, -0.05) is 25.4 Å². The van der Waals surface area contributed by atoms with Gasteiger partial charge in [0, 0.05) is 5.92 Å². The highest BCUT2D eigenvalue weighted by atomic mass is 79.9. The van der Waals surface area contributed by atoms with Crippen molar-refractivity contribution < 1.29 is 4.79 Å². The Morgan fingerprint density at radius 2 is 2.29 bits per heavy atom. The van der Waals surface area contributed by atoms with E-state index in [2.05, 4.69) is 26.2 Å². The number of nitrogens with zero attached hydrogens (tertiary/aromatic N) is 1. The average Bonchev–Trinajstić information content (AvgIpc) is 2.11. The topological polar surface area (TPSA) is 42.0 Å². The molecule has 76 valence electrons. The molecule has 0 aliphatic rings. The van der Waals surface area contributed by atoms with E-state index in [-0.39, 0.29) is 11.8 Å². The Balaban J connectivity index is 2.78. The predicted molar refractivity (Wildman–Crippen MR) is 60.4 cm³/mol. The van der Waals surface area contributed by atoms with Gasteiger partial charge in [0.05, 0.1) is 16.4 Å². The van der Waals surface area contributed by atoms with Crippen molar-refractivity contribution in [3.05, 3.63) is 21.9 Å². The number of carbonyl (C=O) groups is 1. The lowest BCUT2D eigenvalue weighted by atomic mass is 10.2. The Hall–Kier alpha value is -0.610. The van der Waals surface area contributed by atoms with Gasteiger partial charge in [-0.05, 0) is 22.0 Å². The Kier molecular flexibility index (Phi) is 3.89. The van der Waals surface area contributed by atoms with E-state index >= 15 is 0 Å². The van der Waals surface area contributed by atoms with Crippen LogP contribution in [0.25, 0.3) is 0 Å². The van der Waals surface area contributed by atoms with E-state index in [0.29, 0.717) is 15.3 Å². The van der Waals surface area contributed by atoms with Gasteiger partial charge >= 0.3 is 0 Å². The maximum Gasteiger partial charge on any atom is 0.226 e. The summed E-state index contributed by atoms with van der Waals surface area (Å²) in [6, 6.07) is 1.72. The first-order valence-electron chi connectivity index (χ1n) is 4.12. The van der Waals surface area contributed by atoms with Crippen LogP contribution in [0.15, 0.2) is 16.7 Å². The first-order valence-corrected chi connectivity index (χ1v) is 5.29. The van der Waals surface area contributed by atoms with Gasteiger partial charge < -0.3 is 5.32 Å². The number of pyridine rings is 1. The Bertz CT molecular complexity index is 355. The van der Waals surface area contributed by atoms with Crippen molar-refractivity contribution in [2.75, 3.05) is 5.32 Å².